The highest BCUT2D eigenvalue weighted by molar-refractivity contribution is 6.30. The molecule has 2 rings (SSSR count). The number of nitrogens with one attached hydrogen (secondary N) is 2. The van der Waals surface area contributed by atoms with Crippen molar-refractivity contribution in [3.8, 4) is 0 Å². The Morgan fingerprint density at radius 2 is 2.08 bits per heavy atom. The van der Waals surface area contributed by atoms with E-state index < -0.39 is 0 Å². The highest BCUT2D eigenvalue weighted by Gasteiger charge is 2.22. The van der Waals surface area contributed by atoms with Crippen LogP contribution in [-0.4, -0.2) is 58.3 Å². The van der Waals surface area contributed by atoms with E-state index in [0.29, 0.717) is 25.9 Å². The minimum Gasteiger partial charge on any atom is -0.469 e. The van der Waals surface area contributed by atoms with Gasteiger partial charge in [-0.3, -0.25) is 9.59 Å². The molecule has 1 aliphatic rings. The quantitative estimate of drug-likeness (QED) is 0.539. The highest BCUT2D eigenvalue weighted by atomic mass is 35.5. The number of esters is 1. The average Bonchev–Trinajstić information content (AvgIpc) is 2.59. The predicted octanol–water partition coefficient (Wildman–Crippen LogP) is 0.114. The van der Waals surface area contributed by atoms with Gasteiger partial charge in [0.05, 0.1) is 33.3 Å². The van der Waals surface area contributed by atoms with E-state index in [1.165, 1.54) is 12.0 Å². The van der Waals surface area contributed by atoms with Gasteiger partial charge in [0.25, 0.3) is 5.91 Å². The van der Waals surface area contributed by atoms with Gasteiger partial charge in [0.2, 0.25) is 0 Å². The Morgan fingerprint density at radius 1 is 1.33 bits per heavy atom. The predicted molar refractivity (Wildman–Crippen MR) is 93.5 cm³/mol. The second-order valence-corrected chi connectivity index (χ2v) is 6.36. The summed E-state index contributed by atoms with van der Waals surface area (Å²) in [5.74, 6) is -0.210. The highest BCUT2D eigenvalue weighted by Crippen LogP contribution is 2.19. The summed E-state index contributed by atoms with van der Waals surface area (Å²) in [4.78, 5) is 26.5. The fourth-order valence-corrected chi connectivity index (χ4v) is 2.97. The Bertz CT molecular complexity index is 560. The molecule has 1 heterocycles. The van der Waals surface area contributed by atoms with Crippen molar-refractivity contribution >= 4 is 29.2 Å². The van der Waals surface area contributed by atoms with Crippen LogP contribution in [0.2, 0.25) is 5.02 Å². The molecular formula is C17H25ClN3O3+. The minimum absolute atomic E-state index is 0.0334. The number of hydrogen-bond donors (Lipinski definition) is 2. The summed E-state index contributed by atoms with van der Waals surface area (Å²) >= 11 is 6.04. The lowest BCUT2D eigenvalue weighted by atomic mass is 10.2. The maximum absolute atomic E-state index is 11.9. The molecule has 0 atom stereocenters. The van der Waals surface area contributed by atoms with Crippen molar-refractivity contribution in [2.45, 2.75) is 12.8 Å². The van der Waals surface area contributed by atoms with E-state index in [-0.39, 0.29) is 11.9 Å². The standard InChI is InChI=1S/C17H24ClN3O3/c1-24-17(23)6-3-7-19-16(22)13-20-8-10-21(11-9-20)15-5-2-4-14(18)12-15/h2,4-5,12H,3,6-11,13H2,1H3,(H,19,22)/p+1. The van der Waals surface area contributed by atoms with E-state index in [1.54, 1.807) is 0 Å². The lowest BCUT2D eigenvalue weighted by Gasteiger charge is -2.33. The van der Waals surface area contributed by atoms with Gasteiger partial charge in [0, 0.05) is 23.7 Å². The zero-order chi connectivity index (χ0) is 17.4. The molecular weight excluding hydrogens is 330 g/mol. The van der Waals surface area contributed by atoms with Crippen LogP contribution in [0.1, 0.15) is 12.8 Å². The molecule has 0 saturated carbocycles. The van der Waals surface area contributed by atoms with Crippen LogP contribution in [-0.2, 0) is 14.3 Å². The van der Waals surface area contributed by atoms with E-state index in [1.807, 2.05) is 18.2 Å². The Hall–Kier alpha value is -1.79. The number of piperazine rings is 1. The Morgan fingerprint density at radius 3 is 2.75 bits per heavy atom. The fourth-order valence-electron chi connectivity index (χ4n) is 2.78. The lowest BCUT2D eigenvalue weighted by molar-refractivity contribution is -0.892. The van der Waals surface area contributed by atoms with Crippen LogP contribution in [0.4, 0.5) is 5.69 Å². The third kappa shape index (κ3) is 6.02. The molecule has 1 fully saturated rings. The van der Waals surface area contributed by atoms with E-state index in [0.717, 1.165) is 36.9 Å². The van der Waals surface area contributed by atoms with Gasteiger partial charge >= 0.3 is 5.97 Å². The molecule has 0 radical (unpaired) electrons. The fraction of sp³-hybridized carbons (Fsp3) is 0.529. The van der Waals surface area contributed by atoms with E-state index in [4.69, 9.17) is 11.6 Å². The van der Waals surface area contributed by atoms with E-state index >= 15 is 0 Å². The number of rotatable bonds is 7. The molecule has 0 bridgehead atoms. The van der Waals surface area contributed by atoms with Gasteiger partial charge in [0.15, 0.2) is 6.54 Å². The molecule has 1 aromatic carbocycles. The number of methoxy groups -OCH3 is 1. The van der Waals surface area contributed by atoms with Gasteiger partial charge in [-0.25, -0.2) is 0 Å². The van der Waals surface area contributed by atoms with Gasteiger partial charge in [-0.05, 0) is 24.6 Å². The maximum atomic E-state index is 11.9. The lowest BCUT2D eigenvalue weighted by Crippen LogP contribution is -3.15. The largest absolute Gasteiger partial charge is 0.469 e. The minimum atomic E-state index is -0.244. The number of amides is 1. The van der Waals surface area contributed by atoms with Gasteiger partial charge in [0.1, 0.15) is 0 Å². The number of halogens is 1. The van der Waals surface area contributed by atoms with Crippen LogP contribution in [0.25, 0.3) is 0 Å². The number of ether oxygens (including phenoxy) is 1. The van der Waals surface area contributed by atoms with Gasteiger partial charge in [-0.2, -0.15) is 0 Å². The first-order chi connectivity index (χ1) is 11.6. The summed E-state index contributed by atoms with van der Waals surface area (Å²) in [5, 5.41) is 3.61. The molecule has 6 nitrogen and oxygen atoms in total. The van der Waals surface area contributed by atoms with Gasteiger partial charge in [-0.15, -0.1) is 0 Å². The third-order valence-corrected chi connectivity index (χ3v) is 4.40. The van der Waals surface area contributed by atoms with Gasteiger partial charge in [-0.1, -0.05) is 17.7 Å². The molecule has 132 valence electrons. The van der Waals surface area contributed by atoms with Crippen molar-refractivity contribution in [2.24, 2.45) is 0 Å². The molecule has 2 N–H and O–H groups in total. The molecule has 1 amide bonds. The summed E-state index contributed by atoms with van der Waals surface area (Å²) in [6, 6.07) is 7.86. The van der Waals surface area contributed by atoms with Gasteiger partial charge < -0.3 is 19.9 Å². The number of carbonyl (C=O) groups excluding carboxylic acids is 2. The van der Waals surface area contributed by atoms with Crippen molar-refractivity contribution in [2.75, 3.05) is 51.3 Å². The number of hydrogen-bond acceptors (Lipinski definition) is 4. The summed E-state index contributed by atoms with van der Waals surface area (Å²) < 4.78 is 4.56. The van der Waals surface area contributed by atoms with Crippen molar-refractivity contribution in [3.05, 3.63) is 29.3 Å². The van der Waals surface area contributed by atoms with Crippen LogP contribution in [0.5, 0.6) is 0 Å². The molecule has 0 aliphatic carbocycles. The Labute approximate surface area is 147 Å². The smallest absolute Gasteiger partial charge is 0.305 e. The van der Waals surface area contributed by atoms with Crippen LogP contribution >= 0.6 is 11.6 Å². The topological polar surface area (TPSA) is 63.1 Å². The molecule has 0 aromatic heterocycles. The maximum Gasteiger partial charge on any atom is 0.305 e. The number of nitrogens with zero attached hydrogens (tertiary/aromatic N) is 1. The molecule has 0 unspecified atom stereocenters. The molecule has 7 heteroatoms. The summed E-state index contributed by atoms with van der Waals surface area (Å²) in [5.41, 5.74) is 1.13. The van der Waals surface area contributed by atoms with Crippen LogP contribution in [0.3, 0.4) is 0 Å². The number of carbonyl (C=O) groups is 2. The average molecular weight is 355 g/mol. The Kier molecular flexibility index (Phi) is 7.34. The second kappa shape index (κ2) is 9.49. The normalized spacial score (nSPS) is 15.2. The van der Waals surface area contributed by atoms with Crippen LogP contribution in [0.15, 0.2) is 24.3 Å². The summed E-state index contributed by atoms with van der Waals surface area (Å²) in [6.45, 7) is 4.64. The molecule has 1 aliphatic heterocycles. The number of quaternary nitrogens is 1. The molecule has 0 spiro atoms. The van der Waals surface area contributed by atoms with Crippen LogP contribution in [0, 0.1) is 0 Å². The summed E-state index contributed by atoms with van der Waals surface area (Å²) in [7, 11) is 1.37. The molecule has 24 heavy (non-hydrogen) atoms. The zero-order valence-corrected chi connectivity index (χ0v) is 14.8. The molecule has 1 saturated heterocycles. The zero-order valence-electron chi connectivity index (χ0n) is 14.0. The van der Waals surface area contributed by atoms with E-state index in [9.17, 15) is 9.59 Å². The first kappa shape index (κ1) is 18.5. The van der Waals surface area contributed by atoms with Crippen molar-refractivity contribution in [1.29, 1.82) is 0 Å². The number of benzene rings is 1. The monoisotopic (exact) mass is 354 g/mol. The van der Waals surface area contributed by atoms with Crippen molar-refractivity contribution < 1.29 is 19.2 Å². The van der Waals surface area contributed by atoms with E-state index in [2.05, 4.69) is 21.0 Å². The molecule has 1 aromatic rings. The Balaban J connectivity index is 1.65. The summed E-state index contributed by atoms with van der Waals surface area (Å²) in [6.07, 6.45) is 0.943. The third-order valence-electron chi connectivity index (χ3n) is 4.16. The van der Waals surface area contributed by atoms with Crippen molar-refractivity contribution in [3.63, 3.8) is 0 Å². The van der Waals surface area contributed by atoms with Crippen LogP contribution < -0.4 is 15.1 Å². The second-order valence-electron chi connectivity index (χ2n) is 5.92. The number of anilines is 1. The van der Waals surface area contributed by atoms with Crippen molar-refractivity contribution in [1.82, 2.24) is 5.32 Å². The SMILES string of the molecule is COC(=O)CCCNC(=O)C[NH+]1CCN(c2cccc(Cl)c2)CC1. The first-order valence-electron chi connectivity index (χ1n) is 8.26. The first-order valence-corrected chi connectivity index (χ1v) is 8.64.